The topological polar surface area (TPSA) is 84.5 Å². The summed E-state index contributed by atoms with van der Waals surface area (Å²) in [5, 5.41) is 7.47. The number of piperazine rings is 1. The lowest BCUT2D eigenvalue weighted by molar-refractivity contribution is 0.143. The Balaban J connectivity index is 1.38. The van der Waals surface area contributed by atoms with Gasteiger partial charge >= 0.3 is 0 Å². The molecule has 1 aliphatic rings. The molecule has 1 fully saturated rings. The third kappa shape index (κ3) is 4.96. The second-order valence-electron chi connectivity index (χ2n) is 7.71. The van der Waals surface area contributed by atoms with Crippen LogP contribution in [-0.4, -0.2) is 58.6 Å². The molecule has 3 aromatic rings. The van der Waals surface area contributed by atoms with Crippen LogP contribution in [0.3, 0.4) is 0 Å². The summed E-state index contributed by atoms with van der Waals surface area (Å²) in [4.78, 5) is 7.22. The average Bonchev–Trinajstić information content (AvgIpc) is 3.29. The molecule has 4 rings (SSSR count). The molecule has 0 saturated carbocycles. The van der Waals surface area contributed by atoms with Crippen molar-refractivity contribution < 1.29 is 12.8 Å². The number of nitrogens with zero attached hydrogens (tertiary/aromatic N) is 5. The van der Waals surface area contributed by atoms with Crippen molar-refractivity contribution in [2.45, 2.75) is 38.8 Å². The lowest BCUT2D eigenvalue weighted by atomic mass is 10.1. The molecule has 1 aromatic carbocycles. The van der Waals surface area contributed by atoms with Crippen molar-refractivity contribution in [1.29, 1.82) is 0 Å². The van der Waals surface area contributed by atoms with E-state index in [4.69, 9.17) is 16.6 Å². The zero-order chi connectivity index (χ0) is 22.2. The van der Waals surface area contributed by atoms with Crippen molar-refractivity contribution in [3.05, 3.63) is 56.1 Å². The zero-order valence-corrected chi connectivity index (χ0v) is 20.2. The Bertz CT molecular complexity index is 1240. The molecule has 0 unspecified atom stereocenters. The van der Waals surface area contributed by atoms with E-state index in [1.54, 1.807) is 32.5 Å². The van der Waals surface area contributed by atoms with Crippen LogP contribution in [0.1, 0.15) is 27.7 Å². The molecule has 0 bridgehead atoms. The third-order valence-corrected chi connectivity index (χ3v) is 8.44. The minimum absolute atomic E-state index is 0.312. The fourth-order valence-electron chi connectivity index (χ4n) is 3.48. The molecule has 166 valence electrons. The Morgan fingerprint density at radius 2 is 1.87 bits per heavy atom. The highest BCUT2D eigenvalue weighted by Crippen LogP contribution is 2.21. The number of hydrogen-bond donors (Lipinski definition) is 0. The minimum atomic E-state index is -3.50. The molecule has 1 saturated heterocycles. The number of thiazole rings is 1. The standard InChI is InChI=1S/C20H25N5O3S3/c1-14-4-5-18(10-15(14)2)31(26,27)24-8-6-23(7-9-24)13-25-20(29)28-19(22-25)11-17-12-30-16(3)21-17/h4-5,10,12H,6-9,11,13H2,1-3H3. The van der Waals surface area contributed by atoms with Crippen LogP contribution in [0.2, 0.25) is 0 Å². The van der Waals surface area contributed by atoms with Gasteiger partial charge < -0.3 is 4.42 Å². The first-order valence-corrected chi connectivity index (χ1v) is 12.7. The van der Waals surface area contributed by atoms with Gasteiger partial charge in [0.2, 0.25) is 15.9 Å². The van der Waals surface area contributed by atoms with Gasteiger partial charge in [0.25, 0.3) is 4.84 Å². The molecule has 11 heteroatoms. The van der Waals surface area contributed by atoms with E-state index in [0.717, 1.165) is 21.8 Å². The lowest BCUT2D eigenvalue weighted by Crippen LogP contribution is -2.48. The quantitative estimate of drug-likeness (QED) is 0.502. The van der Waals surface area contributed by atoms with Gasteiger partial charge in [-0.15, -0.1) is 16.4 Å². The average molecular weight is 480 g/mol. The molecule has 0 radical (unpaired) electrons. The predicted molar refractivity (Wildman–Crippen MR) is 121 cm³/mol. The smallest absolute Gasteiger partial charge is 0.288 e. The molecule has 1 aliphatic heterocycles. The summed E-state index contributed by atoms with van der Waals surface area (Å²) < 4.78 is 34.8. The van der Waals surface area contributed by atoms with E-state index in [9.17, 15) is 8.42 Å². The highest BCUT2D eigenvalue weighted by Gasteiger charge is 2.29. The van der Waals surface area contributed by atoms with Crippen LogP contribution >= 0.6 is 23.6 Å². The molecule has 0 N–H and O–H groups in total. The van der Waals surface area contributed by atoms with Crippen LogP contribution in [0.25, 0.3) is 0 Å². The molecule has 0 atom stereocenters. The molecular formula is C20H25N5O3S3. The Hall–Kier alpha value is -1.92. The van der Waals surface area contributed by atoms with Gasteiger partial charge in [0.1, 0.15) is 0 Å². The van der Waals surface area contributed by atoms with Crippen molar-refractivity contribution in [3.63, 3.8) is 0 Å². The first-order chi connectivity index (χ1) is 14.7. The number of aromatic nitrogens is 3. The van der Waals surface area contributed by atoms with Gasteiger partial charge in [0.15, 0.2) is 0 Å². The molecule has 0 aliphatic carbocycles. The molecular weight excluding hydrogens is 454 g/mol. The summed E-state index contributed by atoms with van der Waals surface area (Å²) in [5.41, 5.74) is 2.97. The summed E-state index contributed by atoms with van der Waals surface area (Å²) in [7, 11) is -3.50. The summed E-state index contributed by atoms with van der Waals surface area (Å²) in [6.07, 6.45) is 0.503. The zero-order valence-electron chi connectivity index (χ0n) is 17.7. The number of aryl methyl sites for hydroxylation is 3. The highest BCUT2D eigenvalue weighted by atomic mass is 32.2. The van der Waals surface area contributed by atoms with Gasteiger partial charge in [-0.25, -0.2) is 18.1 Å². The van der Waals surface area contributed by atoms with Crippen molar-refractivity contribution in [3.8, 4) is 0 Å². The SMILES string of the molecule is Cc1nc(Cc2nn(CN3CCN(S(=O)(=O)c4ccc(C)c(C)c4)CC3)c(=S)o2)cs1. The Morgan fingerprint density at radius 3 is 2.52 bits per heavy atom. The maximum absolute atomic E-state index is 13.0. The van der Waals surface area contributed by atoms with E-state index in [1.165, 1.54) is 0 Å². The van der Waals surface area contributed by atoms with Crippen LogP contribution in [0.15, 0.2) is 32.9 Å². The van der Waals surface area contributed by atoms with Crippen LogP contribution in [0, 0.1) is 25.6 Å². The van der Waals surface area contributed by atoms with E-state index in [-0.39, 0.29) is 0 Å². The van der Waals surface area contributed by atoms with Crippen LogP contribution in [-0.2, 0) is 23.1 Å². The fourth-order valence-corrected chi connectivity index (χ4v) is 5.79. The van der Waals surface area contributed by atoms with Crippen molar-refractivity contribution >= 4 is 33.6 Å². The summed E-state index contributed by atoms with van der Waals surface area (Å²) >= 11 is 6.90. The first-order valence-electron chi connectivity index (χ1n) is 10.00. The second kappa shape index (κ2) is 8.91. The second-order valence-corrected chi connectivity index (χ2v) is 11.1. The summed E-state index contributed by atoms with van der Waals surface area (Å²) in [6.45, 7) is 8.37. The number of sulfonamides is 1. The van der Waals surface area contributed by atoms with Crippen molar-refractivity contribution in [1.82, 2.24) is 24.0 Å². The summed E-state index contributed by atoms with van der Waals surface area (Å²) in [6, 6.07) is 5.29. The van der Waals surface area contributed by atoms with E-state index >= 15 is 0 Å². The van der Waals surface area contributed by atoms with Gasteiger partial charge in [-0.1, -0.05) is 6.07 Å². The van der Waals surface area contributed by atoms with Crippen molar-refractivity contribution in [2.75, 3.05) is 26.2 Å². The largest absolute Gasteiger partial charge is 0.414 e. The number of benzene rings is 1. The van der Waals surface area contributed by atoms with Gasteiger partial charge in [-0.2, -0.15) is 4.31 Å². The van der Waals surface area contributed by atoms with Gasteiger partial charge in [0.05, 0.1) is 28.7 Å². The molecule has 8 nitrogen and oxygen atoms in total. The molecule has 0 amide bonds. The summed E-state index contributed by atoms with van der Waals surface area (Å²) in [5.74, 6) is 0.534. The highest BCUT2D eigenvalue weighted by molar-refractivity contribution is 7.89. The van der Waals surface area contributed by atoms with Crippen molar-refractivity contribution in [2.24, 2.45) is 0 Å². The Morgan fingerprint density at radius 1 is 1.13 bits per heavy atom. The first kappa shape index (κ1) is 22.3. The lowest BCUT2D eigenvalue weighted by Gasteiger charge is -2.33. The van der Waals surface area contributed by atoms with Crippen LogP contribution < -0.4 is 0 Å². The molecule has 2 aromatic heterocycles. The molecule has 0 spiro atoms. The molecule has 31 heavy (non-hydrogen) atoms. The minimum Gasteiger partial charge on any atom is -0.414 e. The maximum Gasteiger partial charge on any atom is 0.288 e. The monoisotopic (exact) mass is 479 g/mol. The number of hydrogen-bond acceptors (Lipinski definition) is 8. The Kier molecular flexibility index (Phi) is 6.40. The van der Waals surface area contributed by atoms with E-state index in [0.29, 0.717) is 54.9 Å². The van der Waals surface area contributed by atoms with Crippen LogP contribution in [0.4, 0.5) is 0 Å². The van der Waals surface area contributed by atoms with E-state index < -0.39 is 10.0 Å². The third-order valence-electron chi connectivity index (χ3n) is 5.43. The van der Waals surface area contributed by atoms with E-state index in [1.807, 2.05) is 32.2 Å². The maximum atomic E-state index is 13.0. The van der Waals surface area contributed by atoms with E-state index in [2.05, 4.69) is 15.0 Å². The Labute approximate surface area is 191 Å². The van der Waals surface area contributed by atoms with Gasteiger partial charge in [-0.3, -0.25) is 4.90 Å². The fraction of sp³-hybridized carbons (Fsp3) is 0.450. The number of rotatable bonds is 6. The van der Waals surface area contributed by atoms with Gasteiger partial charge in [-0.05, 0) is 56.2 Å². The van der Waals surface area contributed by atoms with Crippen LogP contribution in [0.5, 0.6) is 0 Å². The molecule has 3 heterocycles. The van der Waals surface area contributed by atoms with Gasteiger partial charge in [0, 0.05) is 31.6 Å². The predicted octanol–water partition coefficient (Wildman–Crippen LogP) is 3.14. The normalized spacial score (nSPS) is 16.1.